The van der Waals surface area contributed by atoms with Crippen LogP contribution in [-0.4, -0.2) is 54.7 Å². The molecule has 2 saturated heterocycles. The molecule has 3 aliphatic rings. The van der Waals surface area contributed by atoms with Gasteiger partial charge in [0.25, 0.3) is 0 Å². The van der Waals surface area contributed by atoms with E-state index in [1.165, 1.54) is 16.4 Å². The normalized spacial score (nSPS) is 25.7. The Bertz CT molecular complexity index is 1010. The van der Waals surface area contributed by atoms with Gasteiger partial charge in [-0.15, -0.1) is 0 Å². The predicted octanol–water partition coefficient (Wildman–Crippen LogP) is 2.61. The van der Waals surface area contributed by atoms with E-state index in [0.717, 1.165) is 63.0 Å². The zero-order valence-electron chi connectivity index (χ0n) is 18.2. The number of aliphatic hydroxyl groups excluding tert-OH is 1. The molecule has 0 radical (unpaired) electrons. The van der Waals surface area contributed by atoms with Gasteiger partial charge in [0.05, 0.1) is 18.0 Å². The zero-order chi connectivity index (χ0) is 21.2. The van der Waals surface area contributed by atoms with Crippen molar-refractivity contribution in [2.45, 2.75) is 57.0 Å². The highest BCUT2D eigenvalue weighted by atomic mass is 16.5. The highest BCUT2D eigenvalue weighted by Gasteiger charge is 2.32. The molecule has 3 aliphatic heterocycles. The SMILES string of the molecule is CC1=c2ccccc2=NCC1c1ccc(OC2CCN(C(O)[C@H]3CCCO3)CC2)cc1. The minimum Gasteiger partial charge on any atom is -0.490 e. The van der Waals surface area contributed by atoms with Gasteiger partial charge in [0, 0.05) is 25.6 Å². The van der Waals surface area contributed by atoms with Crippen molar-refractivity contribution in [3.05, 3.63) is 64.7 Å². The van der Waals surface area contributed by atoms with Crippen LogP contribution in [0.2, 0.25) is 0 Å². The van der Waals surface area contributed by atoms with Gasteiger partial charge in [-0.3, -0.25) is 9.89 Å². The molecule has 5 rings (SSSR count). The first-order valence-electron chi connectivity index (χ1n) is 11.6. The molecular formula is C26H32N2O3. The number of nitrogens with zero attached hydrogens (tertiary/aromatic N) is 2. The molecule has 31 heavy (non-hydrogen) atoms. The number of benzene rings is 2. The smallest absolute Gasteiger partial charge is 0.133 e. The van der Waals surface area contributed by atoms with Crippen molar-refractivity contribution in [2.24, 2.45) is 4.99 Å². The van der Waals surface area contributed by atoms with Gasteiger partial charge in [0.2, 0.25) is 0 Å². The molecule has 0 amide bonds. The number of para-hydroxylation sites is 1. The van der Waals surface area contributed by atoms with Crippen LogP contribution in [0.15, 0.2) is 53.5 Å². The summed E-state index contributed by atoms with van der Waals surface area (Å²) in [7, 11) is 0. The number of rotatable bonds is 5. The van der Waals surface area contributed by atoms with Crippen molar-refractivity contribution in [3.63, 3.8) is 0 Å². The fourth-order valence-corrected chi connectivity index (χ4v) is 5.12. The zero-order valence-corrected chi connectivity index (χ0v) is 18.2. The minimum absolute atomic E-state index is 0.0243. The number of fused-ring (bicyclic) bond motifs is 1. The first-order chi connectivity index (χ1) is 15.2. The third kappa shape index (κ3) is 4.40. The van der Waals surface area contributed by atoms with Gasteiger partial charge in [0.1, 0.15) is 18.1 Å². The molecular weight excluding hydrogens is 388 g/mol. The van der Waals surface area contributed by atoms with Crippen LogP contribution >= 0.6 is 0 Å². The van der Waals surface area contributed by atoms with Gasteiger partial charge in [-0.05, 0) is 61.6 Å². The molecule has 2 aromatic carbocycles. The largest absolute Gasteiger partial charge is 0.490 e. The van der Waals surface area contributed by atoms with E-state index < -0.39 is 6.23 Å². The Labute approximate surface area is 184 Å². The van der Waals surface area contributed by atoms with Crippen LogP contribution in [0.5, 0.6) is 5.75 Å². The van der Waals surface area contributed by atoms with E-state index >= 15 is 0 Å². The van der Waals surface area contributed by atoms with Gasteiger partial charge in [0.15, 0.2) is 0 Å². The molecule has 3 atom stereocenters. The maximum Gasteiger partial charge on any atom is 0.133 e. The predicted molar refractivity (Wildman–Crippen MR) is 121 cm³/mol. The van der Waals surface area contributed by atoms with E-state index in [0.29, 0.717) is 5.92 Å². The van der Waals surface area contributed by atoms with E-state index in [1.54, 1.807) is 0 Å². The second-order valence-corrected chi connectivity index (χ2v) is 8.98. The summed E-state index contributed by atoms with van der Waals surface area (Å²) >= 11 is 0. The van der Waals surface area contributed by atoms with E-state index in [2.05, 4.69) is 60.4 Å². The average Bonchev–Trinajstić information content (AvgIpc) is 3.35. The molecule has 0 bridgehead atoms. The van der Waals surface area contributed by atoms with Crippen LogP contribution in [0.3, 0.4) is 0 Å². The summed E-state index contributed by atoms with van der Waals surface area (Å²) < 4.78 is 11.9. The molecule has 0 aromatic heterocycles. The topological polar surface area (TPSA) is 54.3 Å². The summed E-state index contributed by atoms with van der Waals surface area (Å²) in [6.07, 6.45) is 3.56. The Morgan fingerprint density at radius 1 is 1.06 bits per heavy atom. The molecule has 0 aliphatic carbocycles. The van der Waals surface area contributed by atoms with Crippen molar-refractivity contribution in [1.29, 1.82) is 0 Å². The maximum absolute atomic E-state index is 10.5. The van der Waals surface area contributed by atoms with Gasteiger partial charge in [-0.25, -0.2) is 0 Å². The Hall–Kier alpha value is -2.21. The second-order valence-electron chi connectivity index (χ2n) is 8.98. The molecule has 2 fully saturated rings. The minimum atomic E-state index is -0.478. The number of piperidine rings is 1. The molecule has 0 spiro atoms. The number of hydrogen-bond acceptors (Lipinski definition) is 5. The third-order valence-corrected chi connectivity index (χ3v) is 7.03. The van der Waals surface area contributed by atoms with Crippen molar-refractivity contribution >= 4 is 5.57 Å². The van der Waals surface area contributed by atoms with Crippen molar-refractivity contribution in [3.8, 4) is 5.75 Å². The van der Waals surface area contributed by atoms with Crippen molar-refractivity contribution in [2.75, 3.05) is 26.2 Å². The molecule has 3 heterocycles. The molecule has 0 saturated carbocycles. The highest BCUT2D eigenvalue weighted by Crippen LogP contribution is 2.29. The van der Waals surface area contributed by atoms with Gasteiger partial charge < -0.3 is 14.6 Å². The fraction of sp³-hybridized carbons (Fsp3) is 0.500. The van der Waals surface area contributed by atoms with E-state index in [1.807, 2.05) is 0 Å². The van der Waals surface area contributed by atoms with Gasteiger partial charge in [-0.1, -0.05) is 35.9 Å². The summed E-state index contributed by atoms with van der Waals surface area (Å²) in [6.45, 7) is 5.49. The van der Waals surface area contributed by atoms with Crippen LogP contribution < -0.4 is 15.3 Å². The Balaban J connectivity index is 1.18. The lowest BCUT2D eigenvalue weighted by Gasteiger charge is -2.37. The maximum atomic E-state index is 10.5. The fourth-order valence-electron chi connectivity index (χ4n) is 5.12. The molecule has 5 heteroatoms. The summed E-state index contributed by atoms with van der Waals surface area (Å²) in [5.74, 6) is 1.25. The van der Waals surface area contributed by atoms with Crippen molar-refractivity contribution < 1.29 is 14.6 Å². The average molecular weight is 421 g/mol. The van der Waals surface area contributed by atoms with Crippen LogP contribution in [0.4, 0.5) is 0 Å². The van der Waals surface area contributed by atoms with E-state index in [4.69, 9.17) is 14.5 Å². The molecule has 1 N–H and O–H groups in total. The molecule has 164 valence electrons. The lowest BCUT2D eigenvalue weighted by molar-refractivity contribution is -0.104. The first-order valence-corrected chi connectivity index (χ1v) is 11.6. The van der Waals surface area contributed by atoms with E-state index in [9.17, 15) is 5.11 Å². The van der Waals surface area contributed by atoms with Gasteiger partial charge in [-0.2, -0.15) is 0 Å². The molecule has 5 nitrogen and oxygen atoms in total. The summed E-state index contributed by atoms with van der Waals surface area (Å²) in [6, 6.07) is 17.0. The van der Waals surface area contributed by atoms with Crippen LogP contribution in [-0.2, 0) is 4.74 Å². The standard InChI is InChI=1S/C26H32N2O3/c1-18-22-5-2-3-6-24(22)27-17-23(18)19-8-10-20(11-9-19)31-21-12-14-28(15-13-21)26(29)25-7-4-16-30-25/h2-3,5-6,8-11,21,23,25-26,29H,4,7,12-17H2,1H3/t23?,25-,26?/m1/s1. The third-order valence-electron chi connectivity index (χ3n) is 7.03. The number of hydrogen-bond donors (Lipinski definition) is 1. The summed E-state index contributed by atoms with van der Waals surface area (Å²) in [5, 5.41) is 12.9. The van der Waals surface area contributed by atoms with Crippen LogP contribution in [0.25, 0.3) is 5.57 Å². The second kappa shape index (κ2) is 9.11. The number of aliphatic hydroxyl groups is 1. The van der Waals surface area contributed by atoms with Crippen molar-refractivity contribution in [1.82, 2.24) is 4.90 Å². The lowest BCUT2D eigenvalue weighted by Crippen LogP contribution is -2.48. The quantitative estimate of drug-likeness (QED) is 0.808. The Morgan fingerprint density at radius 3 is 2.58 bits per heavy atom. The Kier molecular flexibility index (Phi) is 6.08. The van der Waals surface area contributed by atoms with Crippen LogP contribution in [0, 0.1) is 0 Å². The summed E-state index contributed by atoms with van der Waals surface area (Å²) in [5.41, 5.74) is 2.68. The highest BCUT2D eigenvalue weighted by molar-refractivity contribution is 5.55. The number of likely N-dealkylation sites (tertiary alicyclic amines) is 1. The molecule has 2 unspecified atom stereocenters. The Morgan fingerprint density at radius 2 is 1.84 bits per heavy atom. The van der Waals surface area contributed by atoms with Gasteiger partial charge >= 0.3 is 0 Å². The van der Waals surface area contributed by atoms with Crippen LogP contribution in [0.1, 0.15) is 44.1 Å². The first kappa shape index (κ1) is 20.7. The van der Waals surface area contributed by atoms with E-state index in [-0.39, 0.29) is 12.2 Å². The molecule has 2 aromatic rings. The number of ether oxygens (including phenoxy) is 2. The lowest BCUT2D eigenvalue weighted by atomic mass is 9.89. The monoisotopic (exact) mass is 420 g/mol. The summed E-state index contributed by atoms with van der Waals surface area (Å²) in [4.78, 5) is 6.92.